The van der Waals surface area contributed by atoms with Crippen molar-refractivity contribution in [2.45, 2.75) is 27.7 Å². The average molecular weight is 232 g/mol. The van der Waals surface area contributed by atoms with Crippen LogP contribution in [0.15, 0.2) is 12.1 Å². The Labute approximate surface area is 103 Å². The van der Waals surface area contributed by atoms with E-state index >= 15 is 0 Å². The number of nitrogens with one attached hydrogen (secondary N) is 1. The van der Waals surface area contributed by atoms with Gasteiger partial charge >= 0.3 is 0 Å². The summed E-state index contributed by atoms with van der Waals surface area (Å²) in [6.45, 7) is 8.82. The van der Waals surface area contributed by atoms with Crippen molar-refractivity contribution in [3.8, 4) is 0 Å². The van der Waals surface area contributed by atoms with Crippen LogP contribution in [0, 0.1) is 19.3 Å². The molecule has 1 heterocycles. The Bertz CT molecular complexity index is 477. The Morgan fingerprint density at radius 2 is 1.94 bits per heavy atom. The number of benzene rings is 1. The molecular formula is C14H20N2O. The van der Waals surface area contributed by atoms with Gasteiger partial charge in [0, 0.05) is 13.6 Å². The van der Waals surface area contributed by atoms with Gasteiger partial charge in [-0.2, -0.15) is 0 Å². The molecule has 1 aliphatic heterocycles. The lowest BCUT2D eigenvalue weighted by Gasteiger charge is -2.25. The van der Waals surface area contributed by atoms with Gasteiger partial charge in [0.25, 0.3) is 0 Å². The number of carbonyl (C=O) groups excluding carboxylic acids is 1. The molecule has 0 bridgehead atoms. The van der Waals surface area contributed by atoms with Crippen molar-refractivity contribution < 1.29 is 4.79 Å². The molecule has 0 unspecified atom stereocenters. The van der Waals surface area contributed by atoms with E-state index in [0.717, 1.165) is 11.4 Å². The molecule has 3 nitrogen and oxygen atoms in total. The predicted octanol–water partition coefficient (Wildman–Crippen LogP) is 2.72. The van der Waals surface area contributed by atoms with Crippen LogP contribution in [-0.4, -0.2) is 19.5 Å². The highest BCUT2D eigenvalue weighted by Crippen LogP contribution is 2.36. The second kappa shape index (κ2) is 3.76. The number of hydrogen-bond acceptors (Lipinski definition) is 2. The summed E-state index contributed by atoms with van der Waals surface area (Å²) in [5, 5.41) is 3.42. The van der Waals surface area contributed by atoms with Gasteiger partial charge in [-0.1, -0.05) is 6.07 Å². The van der Waals surface area contributed by atoms with Gasteiger partial charge in [0.05, 0.1) is 16.8 Å². The lowest BCUT2D eigenvalue weighted by atomic mass is 9.92. The summed E-state index contributed by atoms with van der Waals surface area (Å²) in [5.41, 5.74) is 4.17. The van der Waals surface area contributed by atoms with Crippen LogP contribution >= 0.6 is 0 Å². The standard InChI is InChI=1S/C14H20N2O/c1-9-6-7-11-12(10(9)2)15-8-14(3,4)13(17)16(11)5/h6-7,15H,8H2,1-5H3. The molecule has 0 radical (unpaired) electrons. The second-order valence-corrected chi connectivity index (χ2v) is 5.50. The first-order chi connectivity index (χ1) is 7.84. The molecule has 0 saturated heterocycles. The van der Waals surface area contributed by atoms with Gasteiger partial charge in [-0.15, -0.1) is 0 Å². The molecule has 1 aromatic carbocycles. The van der Waals surface area contributed by atoms with Crippen molar-refractivity contribution in [2.24, 2.45) is 5.41 Å². The van der Waals surface area contributed by atoms with Crippen molar-refractivity contribution in [3.05, 3.63) is 23.3 Å². The average Bonchev–Trinajstić information content (AvgIpc) is 2.36. The van der Waals surface area contributed by atoms with Gasteiger partial charge in [-0.05, 0) is 44.9 Å². The largest absolute Gasteiger partial charge is 0.382 e. The third-order valence-electron chi connectivity index (χ3n) is 3.67. The summed E-state index contributed by atoms with van der Waals surface area (Å²) in [6.07, 6.45) is 0. The van der Waals surface area contributed by atoms with Gasteiger partial charge in [0.15, 0.2) is 0 Å². The van der Waals surface area contributed by atoms with Crippen molar-refractivity contribution in [1.29, 1.82) is 0 Å². The molecule has 0 saturated carbocycles. The van der Waals surface area contributed by atoms with E-state index in [4.69, 9.17) is 0 Å². The molecule has 1 N–H and O–H groups in total. The number of amides is 1. The first-order valence-corrected chi connectivity index (χ1v) is 5.97. The molecule has 2 rings (SSSR count). The van der Waals surface area contributed by atoms with Gasteiger partial charge in [-0.3, -0.25) is 4.79 Å². The second-order valence-electron chi connectivity index (χ2n) is 5.50. The summed E-state index contributed by atoms with van der Waals surface area (Å²) < 4.78 is 0. The van der Waals surface area contributed by atoms with E-state index in [2.05, 4.69) is 25.2 Å². The lowest BCUT2D eigenvalue weighted by Crippen LogP contribution is -2.40. The molecule has 1 amide bonds. The Morgan fingerprint density at radius 1 is 1.29 bits per heavy atom. The van der Waals surface area contributed by atoms with Crippen LogP contribution in [0.2, 0.25) is 0 Å². The summed E-state index contributed by atoms with van der Waals surface area (Å²) >= 11 is 0. The maximum Gasteiger partial charge on any atom is 0.234 e. The first-order valence-electron chi connectivity index (χ1n) is 5.97. The van der Waals surface area contributed by atoms with Crippen LogP contribution in [0.1, 0.15) is 25.0 Å². The van der Waals surface area contributed by atoms with Gasteiger partial charge in [0.1, 0.15) is 0 Å². The number of carbonyl (C=O) groups is 1. The highest BCUT2D eigenvalue weighted by atomic mass is 16.2. The molecule has 0 spiro atoms. The van der Waals surface area contributed by atoms with Crippen LogP contribution in [-0.2, 0) is 4.79 Å². The maximum atomic E-state index is 12.3. The number of fused-ring (bicyclic) bond motifs is 1. The minimum Gasteiger partial charge on any atom is -0.382 e. The van der Waals surface area contributed by atoms with E-state index in [1.807, 2.05) is 27.0 Å². The molecule has 17 heavy (non-hydrogen) atoms. The molecule has 0 aliphatic carbocycles. The molecule has 1 aliphatic rings. The Morgan fingerprint density at radius 3 is 2.59 bits per heavy atom. The minimum absolute atomic E-state index is 0.159. The Hall–Kier alpha value is -1.51. The van der Waals surface area contributed by atoms with E-state index in [-0.39, 0.29) is 11.3 Å². The fourth-order valence-electron chi connectivity index (χ4n) is 2.25. The highest BCUT2D eigenvalue weighted by molar-refractivity contribution is 6.01. The third-order valence-corrected chi connectivity index (χ3v) is 3.67. The van der Waals surface area contributed by atoms with Crippen molar-refractivity contribution in [3.63, 3.8) is 0 Å². The monoisotopic (exact) mass is 232 g/mol. The molecule has 92 valence electrons. The number of anilines is 2. The van der Waals surface area contributed by atoms with E-state index in [0.29, 0.717) is 6.54 Å². The normalized spacial score (nSPS) is 18.4. The lowest BCUT2D eigenvalue weighted by molar-refractivity contribution is -0.125. The zero-order valence-electron chi connectivity index (χ0n) is 11.2. The van der Waals surface area contributed by atoms with Crippen LogP contribution in [0.5, 0.6) is 0 Å². The van der Waals surface area contributed by atoms with Crippen LogP contribution in [0.4, 0.5) is 11.4 Å². The van der Waals surface area contributed by atoms with Gasteiger partial charge in [-0.25, -0.2) is 0 Å². The fourth-order valence-corrected chi connectivity index (χ4v) is 2.25. The fraction of sp³-hybridized carbons (Fsp3) is 0.500. The molecule has 0 fully saturated rings. The van der Waals surface area contributed by atoms with Crippen molar-refractivity contribution in [1.82, 2.24) is 0 Å². The van der Waals surface area contributed by atoms with Crippen molar-refractivity contribution in [2.75, 3.05) is 23.8 Å². The summed E-state index contributed by atoms with van der Waals surface area (Å²) in [4.78, 5) is 14.1. The van der Waals surface area contributed by atoms with E-state index in [1.54, 1.807) is 4.90 Å². The summed E-state index contributed by atoms with van der Waals surface area (Å²) in [7, 11) is 1.85. The van der Waals surface area contributed by atoms with Gasteiger partial charge in [0.2, 0.25) is 5.91 Å². The first kappa shape index (κ1) is 12.0. The van der Waals surface area contributed by atoms with Gasteiger partial charge < -0.3 is 10.2 Å². The van der Waals surface area contributed by atoms with Crippen LogP contribution in [0.25, 0.3) is 0 Å². The predicted molar refractivity (Wildman–Crippen MR) is 71.6 cm³/mol. The number of rotatable bonds is 0. The van der Waals surface area contributed by atoms with Crippen LogP contribution < -0.4 is 10.2 Å². The number of hydrogen-bond donors (Lipinski definition) is 1. The molecule has 1 aromatic rings. The summed E-state index contributed by atoms with van der Waals surface area (Å²) in [6, 6.07) is 4.09. The highest BCUT2D eigenvalue weighted by Gasteiger charge is 2.35. The van der Waals surface area contributed by atoms with Crippen molar-refractivity contribution >= 4 is 17.3 Å². The smallest absolute Gasteiger partial charge is 0.234 e. The Kier molecular flexibility index (Phi) is 2.64. The molecule has 3 heteroatoms. The van der Waals surface area contributed by atoms with Crippen LogP contribution in [0.3, 0.4) is 0 Å². The van der Waals surface area contributed by atoms with E-state index < -0.39 is 0 Å². The summed E-state index contributed by atoms with van der Waals surface area (Å²) in [5.74, 6) is 0.159. The maximum absolute atomic E-state index is 12.3. The van der Waals surface area contributed by atoms with E-state index in [9.17, 15) is 4.79 Å². The quantitative estimate of drug-likeness (QED) is 0.746. The zero-order chi connectivity index (χ0) is 12.8. The molecule has 0 aromatic heterocycles. The number of aryl methyl sites for hydroxylation is 1. The zero-order valence-corrected chi connectivity index (χ0v) is 11.2. The third kappa shape index (κ3) is 1.79. The number of nitrogens with zero attached hydrogens (tertiary/aromatic N) is 1. The topological polar surface area (TPSA) is 32.3 Å². The molecule has 0 atom stereocenters. The molecular weight excluding hydrogens is 212 g/mol. The SMILES string of the molecule is Cc1ccc2c(c1C)NCC(C)(C)C(=O)N2C. The van der Waals surface area contributed by atoms with E-state index in [1.165, 1.54) is 11.1 Å². The minimum atomic E-state index is -0.367. The Balaban J connectivity index is 2.58.